The van der Waals surface area contributed by atoms with Crippen LogP contribution in [0.25, 0.3) is 0 Å². The molecular weight excluding hydrogens is 430 g/mol. The number of aryl methyl sites for hydroxylation is 1. The Morgan fingerprint density at radius 1 is 1.09 bits per heavy atom. The summed E-state index contributed by atoms with van der Waals surface area (Å²) in [6.07, 6.45) is 0. The highest BCUT2D eigenvalue weighted by molar-refractivity contribution is 7.92. The lowest BCUT2D eigenvalue weighted by Gasteiger charge is -2.26. The normalized spacial score (nSPS) is 14.7. The Labute approximate surface area is 190 Å². The molecule has 9 heteroatoms. The van der Waals surface area contributed by atoms with Crippen molar-refractivity contribution in [3.05, 3.63) is 54.1 Å². The van der Waals surface area contributed by atoms with E-state index in [0.717, 1.165) is 38.4 Å². The molecule has 0 radical (unpaired) electrons. The molecule has 0 spiro atoms. The fourth-order valence-electron chi connectivity index (χ4n) is 3.42. The Morgan fingerprint density at radius 2 is 1.75 bits per heavy atom. The van der Waals surface area contributed by atoms with Crippen LogP contribution in [0.1, 0.15) is 12.5 Å². The number of amides is 1. The molecule has 0 aromatic heterocycles. The van der Waals surface area contributed by atoms with Gasteiger partial charge in [0.25, 0.3) is 15.9 Å². The van der Waals surface area contributed by atoms with Gasteiger partial charge in [-0.2, -0.15) is 0 Å². The fraction of sp³-hybridized carbons (Fsp3) is 0.435. The van der Waals surface area contributed by atoms with E-state index in [4.69, 9.17) is 9.47 Å². The summed E-state index contributed by atoms with van der Waals surface area (Å²) in [6, 6.07) is 13.5. The summed E-state index contributed by atoms with van der Waals surface area (Å²) in [5.74, 6) is 0.306. The summed E-state index contributed by atoms with van der Waals surface area (Å²) in [6.45, 7) is 8.47. The van der Waals surface area contributed by atoms with Gasteiger partial charge in [-0.05, 0) is 50.2 Å². The molecule has 1 aliphatic heterocycles. The van der Waals surface area contributed by atoms with Crippen LogP contribution in [0, 0.1) is 6.92 Å². The van der Waals surface area contributed by atoms with Crippen molar-refractivity contribution in [1.29, 1.82) is 0 Å². The average molecular weight is 462 g/mol. The molecule has 0 unspecified atom stereocenters. The second-order valence-electron chi connectivity index (χ2n) is 7.57. The average Bonchev–Trinajstić information content (AvgIpc) is 2.80. The summed E-state index contributed by atoms with van der Waals surface area (Å²) in [5, 5.41) is 2.85. The van der Waals surface area contributed by atoms with Gasteiger partial charge >= 0.3 is 0 Å². The zero-order valence-corrected chi connectivity index (χ0v) is 19.4. The van der Waals surface area contributed by atoms with Gasteiger partial charge in [0.2, 0.25) is 0 Å². The molecule has 2 aromatic rings. The first-order valence-electron chi connectivity index (χ1n) is 10.8. The minimum Gasteiger partial charge on any atom is -0.484 e. The monoisotopic (exact) mass is 461 g/mol. The predicted molar refractivity (Wildman–Crippen MR) is 124 cm³/mol. The van der Waals surface area contributed by atoms with Gasteiger partial charge in [0.15, 0.2) is 6.61 Å². The van der Waals surface area contributed by atoms with E-state index >= 15 is 0 Å². The topological polar surface area (TPSA) is 88.2 Å². The number of nitrogens with zero attached hydrogens (tertiary/aromatic N) is 2. The molecule has 8 nitrogen and oxygen atoms in total. The second-order valence-corrected chi connectivity index (χ2v) is 9.43. The zero-order valence-electron chi connectivity index (χ0n) is 18.6. The maximum Gasteiger partial charge on any atom is 0.264 e. The SMILES string of the molecule is CCN(c1ccc(OCC(=O)NCCN2CCOCC2)cc1)S(=O)(=O)c1ccc(C)cc1. The largest absolute Gasteiger partial charge is 0.484 e. The number of carbonyl (C=O) groups is 1. The van der Waals surface area contributed by atoms with Crippen molar-refractivity contribution in [2.75, 3.05) is 56.8 Å². The number of nitrogens with one attached hydrogen (secondary N) is 1. The Morgan fingerprint density at radius 3 is 2.38 bits per heavy atom. The van der Waals surface area contributed by atoms with Crippen molar-refractivity contribution < 1.29 is 22.7 Å². The van der Waals surface area contributed by atoms with Gasteiger partial charge in [-0.15, -0.1) is 0 Å². The van der Waals surface area contributed by atoms with Crippen LogP contribution in [-0.4, -0.2) is 71.8 Å². The van der Waals surface area contributed by atoms with Crippen molar-refractivity contribution >= 4 is 21.6 Å². The number of rotatable bonds is 10. The molecule has 1 heterocycles. The lowest BCUT2D eigenvalue weighted by atomic mass is 10.2. The molecule has 3 rings (SSSR count). The molecule has 1 fully saturated rings. The third kappa shape index (κ3) is 6.44. The quantitative estimate of drug-likeness (QED) is 0.583. The Kier molecular flexibility index (Phi) is 8.49. The Bertz CT molecular complexity index is 972. The maximum atomic E-state index is 13.0. The molecule has 1 amide bonds. The molecule has 0 atom stereocenters. The number of ether oxygens (including phenoxy) is 2. The van der Waals surface area contributed by atoms with Crippen LogP contribution in [0.5, 0.6) is 5.75 Å². The Balaban J connectivity index is 1.52. The number of hydrogen-bond donors (Lipinski definition) is 1. The third-order valence-corrected chi connectivity index (χ3v) is 7.16. The fourth-order valence-corrected chi connectivity index (χ4v) is 4.89. The summed E-state index contributed by atoms with van der Waals surface area (Å²) in [7, 11) is -3.66. The highest BCUT2D eigenvalue weighted by atomic mass is 32.2. The van der Waals surface area contributed by atoms with Crippen molar-refractivity contribution in [2.24, 2.45) is 0 Å². The van der Waals surface area contributed by atoms with Gasteiger partial charge in [-0.25, -0.2) is 8.42 Å². The van der Waals surface area contributed by atoms with Crippen LogP contribution in [0.3, 0.4) is 0 Å². The van der Waals surface area contributed by atoms with Crippen molar-refractivity contribution in [2.45, 2.75) is 18.7 Å². The van der Waals surface area contributed by atoms with Gasteiger partial charge in [-0.3, -0.25) is 14.0 Å². The number of hydrogen-bond acceptors (Lipinski definition) is 6. The van der Waals surface area contributed by atoms with Crippen LogP contribution in [0.4, 0.5) is 5.69 Å². The molecule has 1 N–H and O–H groups in total. The predicted octanol–water partition coefficient (Wildman–Crippen LogP) is 2.04. The van der Waals surface area contributed by atoms with E-state index in [2.05, 4.69) is 10.2 Å². The highest BCUT2D eigenvalue weighted by Crippen LogP contribution is 2.25. The van der Waals surface area contributed by atoms with E-state index in [1.165, 1.54) is 4.31 Å². The summed E-state index contributed by atoms with van der Waals surface area (Å²) >= 11 is 0. The lowest BCUT2D eigenvalue weighted by molar-refractivity contribution is -0.123. The number of carbonyl (C=O) groups excluding carboxylic acids is 1. The Hall–Kier alpha value is -2.62. The van der Waals surface area contributed by atoms with Crippen LogP contribution in [0.15, 0.2) is 53.4 Å². The van der Waals surface area contributed by atoms with Gasteiger partial charge < -0.3 is 14.8 Å². The van der Waals surface area contributed by atoms with Gasteiger partial charge in [0.05, 0.1) is 23.8 Å². The third-order valence-electron chi connectivity index (χ3n) is 5.24. The molecule has 174 valence electrons. The standard InChI is InChI=1S/C23H31N3O5S/c1-3-26(32(28,29)22-10-4-19(2)5-11-22)20-6-8-21(9-7-20)31-18-23(27)24-12-13-25-14-16-30-17-15-25/h4-11H,3,12-18H2,1-2H3,(H,24,27). The zero-order chi connectivity index (χ0) is 23.0. The minimum atomic E-state index is -3.66. The van der Waals surface area contributed by atoms with Gasteiger partial charge in [0, 0.05) is 32.7 Å². The number of benzene rings is 2. The molecule has 0 saturated carbocycles. The van der Waals surface area contributed by atoms with E-state index in [1.807, 2.05) is 6.92 Å². The van der Waals surface area contributed by atoms with E-state index in [1.54, 1.807) is 55.5 Å². The smallest absolute Gasteiger partial charge is 0.264 e. The van der Waals surface area contributed by atoms with Crippen molar-refractivity contribution in [3.63, 3.8) is 0 Å². The molecule has 0 bridgehead atoms. The molecule has 0 aliphatic carbocycles. The minimum absolute atomic E-state index is 0.0956. The number of anilines is 1. The first kappa shape index (κ1) is 24.0. The lowest BCUT2D eigenvalue weighted by Crippen LogP contribution is -2.42. The summed E-state index contributed by atoms with van der Waals surface area (Å²) < 4.78 is 38.2. The highest BCUT2D eigenvalue weighted by Gasteiger charge is 2.23. The molecule has 32 heavy (non-hydrogen) atoms. The van der Waals surface area contributed by atoms with Gasteiger partial charge in [-0.1, -0.05) is 17.7 Å². The van der Waals surface area contributed by atoms with E-state index < -0.39 is 10.0 Å². The maximum absolute atomic E-state index is 13.0. The molecule has 1 aliphatic rings. The van der Waals surface area contributed by atoms with Crippen molar-refractivity contribution in [3.8, 4) is 5.75 Å². The summed E-state index contributed by atoms with van der Waals surface area (Å²) in [4.78, 5) is 14.5. The first-order valence-corrected chi connectivity index (χ1v) is 12.2. The number of morpholine rings is 1. The molecule has 2 aromatic carbocycles. The van der Waals surface area contributed by atoms with Crippen LogP contribution >= 0.6 is 0 Å². The molecular formula is C23H31N3O5S. The molecule has 1 saturated heterocycles. The van der Waals surface area contributed by atoms with Crippen LogP contribution in [0.2, 0.25) is 0 Å². The van der Waals surface area contributed by atoms with Crippen molar-refractivity contribution in [1.82, 2.24) is 10.2 Å². The van der Waals surface area contributed by atoms with E-state index in [0.29, 0.717) is 24.5 Å². The number of sulfonamides is 1. The van der Waals surface area contributed by atoms with E-state index in [9.17, 15) is 13.2 Å². The van der Waals surface area contributed by atoms with E-state index in [-0.39, 0.29) is 17.4 Å². The van der Waals surface area contributed by atoms with Crippen LogP contribution in [-0.2, 0) is 19.6 Å². The van der Waals surface area contributed by atoms with Crippen LogP contribution < -0.4 is 14.4 Å². The summed E-state index contributed by atoms with van der Waals surface area (Å²) in [5.41, 5.74) is 1.54. The van der Waals surface area contributed by atoms with Gasteiger partial charge in [0.1, 0.15) is 5.75 Å². The first-order chi connectivity index (χ1) is 15.4. The second kappa shape index (κ2) is 11.3.